The van der Waals surface area contributed by atoms with E-state index in [0.717, 1.165) is 25.8 Å². The molecule has 2 fully saturated rings. The number of carbonyl (C=O) groups excluding carboxylic acids is 1. The molecule has 12 heteroatoms. The molecule has 10 nitrogen and oxygen atoms in total. The van der Waals surface area contributed by atoms with E-state index < -0.39 is 10.0 Å². The lowest BCUT2D eigenvalue weighted by Crippen LogP contribution is -2.40. The van der Waals surface area contributed by atoms with E-state index in [1.54, 1.807) is 18.2 Å². The van der Waals surface area contributed by atoms with Crippen LogP contribution in [-0.2, 0) is 21.4 Å². The Hall–Kier alpha value is -3.35. The minimum absolute atomic E-state index is 0.133. The van der Waals surface area contributed by atoms with Crippen molar-refractivity contribution in [3.05, 3.63) is 54.2 Å². The van der Waals surface area contributed by atoms with E-state index in [1.165, 1.54) is 35.7 Å². The Bertz CT molecular complexity index is 1390. The summed E-state index contributed by atoms with van der Waals surface area (Å²) in [5.41, 5.74) is 0.982. The van der Waals surface area contributed by atoms with Gasteiger partial charge >= 0.3 is 0 Å². The highest BCUT2D eigenvalue weighted by Gasteiger charge is 2.30. The van der Waals surface area contributed by atoms with Crippen molar-refractivity contribution in [1.82, 2.24) is 19.3 Å². The predicted molar refractivity (Wildman–Crippen MR) is 137 cm³/mol. The van der Waals surface area contributed by atoms with E-state index in [9.17, 15) is 17.6 Å². The maximum atomic E-state index is 13.2. The summed E-state index contributed by atoms with van der Waals surface area (Å²) < 4.78 is 51.5. The summed E-state index contributed by atoms with van der Waals surface area (Å²) in [6.07, 6.45) is 3.18. The molecule has 2 aliphatic rings. The van der Waals surface area contributed by atoms with Crippen molar-refractivity contribution in [3.63, 3.8) is 0 Å². The van der Waals surface area contributed by atoms with Crippen LogP contribution in [0, 0.1) is 11.7 Å². The average molecular weight is 544 g/mol. The maximum absolute atomic E-state index is 13.2. The van der Waals surface area contributed by atoms with Gasteiger partial charge in [-0.1, -0.05) is 5.16 Å². The summed E-state index contributed by atoms with van der Waals surface area (Å²) in [4.78, 5) is 19.8. The van der Waals surface area contributed by atoms with Gasteiger partial charge in [-0.3, -0.25) is 9.69 Å². The van der Waals surface area contributed by atoms with Gasteiger partial charge in [0.1, 0.15) is 11.6 Å². The largest absolute Gasteiger partial charge is 0.495 e. The third kappa shape index (κ3) is 5.71. The number of nitrogens with zero attached hydrogens (tertiary/aromatic N) is 4. The predicted octanol–water partition coefficient (Wildman–Crippen LogP) is 3.52. The first-order chi connectivity index (χ1) is 18.3. The van der Waals surface area contributed by atoms with E-state index >= 15 is 0 Å². The van der Waals surface area contributed by atoms with Gasteiger partial charge in [0.25, 0.3) is 0 Å². The van der Waals surface area contributed by atoms with Gasteiger partial charge in [0.15, 0.2) is 0 Å². The summed E-state index contributed by atoms with van der Waals surface area (Å²) in [5.74, 6) is 0.320. The van der Waals surface area contributed by atoms with Gasteiger partial charge < -0.3 is 14.6 Å². The quantitative estimate of drug-likeness (QED) is 0.459. The number of hydrogen-bond donors (Lipinski definition) is 1. The number of benzene rings is 2. The molecule has 0 radical (unpaired) electrons. The van der Waals surface area contributed by atoms with Crippen LogP contribution in [0.4, 0.5) is 10.1 Å². The van der Waals surface area contributed by atoms with Gasteiger partial charge in [0.2, 0.25) is 27.6 Å². The van der Waals surface area contributed by atoms with Crippen LogP contribution in [0.2, 0.25) is 0 Å². The van der Waals surface area contributed by atoms with Crippen molar-refractivity contribution in [2.24, 2.45) is 5.92 Å². The summed E-state index contributed by atoms with van der Waals surface area (Å²) in [6, 6.07) is 10.4. The summed E-state index contributed by atoms with van der Waals surface area (Å²) in [7, 11) is -2.16. The molecular formula is C26H30FN5O5S. The van der Waals surface area contributed by atoms with Gasteiger partial charge in [-0.15, -0.1) is 0 Å². The number of piperidine rings is 1. The number of sulfonamides is 1. The number of anilines is 1. The highest BCUT2D eigenvalue weighted by molar-refractivity contribution is 7.89. The molecular weight excluding hydrogens is 513 g/mol. The molecule has 1 amide bonds. The van der Waals surface area contributed by atoms with Crippen LogP contribution < -0.4 is 10.1 Å². The van der Waals surface area contributed by atoms with Gasteiger partial charge in [-0.2, -0.15) is 9.29 Å². The highest BCUT2D eigenvalue weighted by atomic mass is 32.2. The molecule has 0 aliphatic carbocycles. The SMILES string of the molecule is COc1ccc(S(=O)(=O)N2CCCC2)cc1NC(=O)C1CCCN(Cc2nc(-c3ccc(F)cc3)no2)C1. The molecule has 1 aromatic heterocycles. The van der Waals surface area contributed by atoms with E-state index in [0.29, 0.717) is 61.3 Å². The van der Waals surface area contributed by atoms with Crippen LogP contribution in [0.15, 0.2) is 51.9 Å². The van der Waals surface area contributed by atoms with Crippen LogP contribution in [0.3, 0.4) is 0 Å². The molecule has 0 saturated carbocycles. The Morgan fingerprint density at radius 2 is 1.89 bits per heavy atom. The number of halogens is 1. The van der Waals surface area contributed by atoms with Crippen LogP contribution in [-0.4, -0.2) is 67.0 Å². The third-order valence-corrected chi connectivity index (χ3v) is 8.83. The van der Waals surface area contributed by atoms with Crippen molar-refractivity contribution in [2.75, 3.05) is 38.6 Å². The monoisotopic (exact) mass is 543 g/mol. The first kappa shape index (κ1) is 26.3. The molecule has 2 aromatic carbocycles. The summed E-state index contributed by atoms with van der Waals surface area (Å²) >= 11 is 0. The van der Waals surface area contributed by atoms with Crippen molar-refractivity contribution in [1.29, 1.82) is 0 Å². The summed E-state index contributed by atoms with van der Waals surface area (Å²) in [5, 5.41) is 6.88. The molecule has 1 unspecified atom stereocenters. The van der Waals surface area contributed by atoms with E-state index in [2.05, 4.69) is 20.4 Å². The first-order valence-corrected chi connectivity index (χ1v) is 14.1. The fraction of sp³-hybridized carbons (Fsp3) is 0.423. The Kier molecular flexibility index (Phi) is 7.73. The minimum Gasteiger partial charge on any atom is -0.495 e. The van der Waals surface area contributed by atoms with Crippen LogP contribution in [0.1, 0.15) is 31.6 Å². The minimum atomic E-state index is -3.63. The van der Waals surface area contributed by atoms with Gasteiger partial charge in [-0.25, -0.2) is 12.8 Å². The van der Waals surface area contributed by atoms with E-state index in [1.807, 2.05) is 0 Å². The number of amides is 1. The number of likely N-dealkylation sites (tertiary alicyclic amines) is 1. The first-order valence-electron chi connectivity index (χ1n) is 12.6. The second kappa shape index (κ2) is 11.2. The molecule has 0 spiro atoms. The van der Waals surface area contributed by atoms with Crippen LogP contribution in [0.25, 0.3) is 11.4 Å². The number of ether oxygens (including phenoxy) is 1. The van der Waals surface area contributed by atoms with Crippen LogP contribution in [0.5, 0.6) is 5.75 Å². The zero-order valence-electron chi connectivity index (χ0n) is 21.1. The van der Waals surface area contributed by atoms with E-state index in [-0.39, 0.29) is 22.5 Å². The Labute approximate surface area is 220 Å². The van der Waals surface area contributed by atoms with Crippen molar-refractivity contribution in [3.8, 4) is 17.1 Å². The van der Waals surface area contributed by atoms with Crippen molar-refractivity contribution in [2.45, 2.75) is 37.1 Å². The number of methoxy groups -OCH3 is 1. The molecule has 38 heavy (non-hydrogen) atoms. The van der Waals surface area contributed by atoms with Crippen LogP contribution >= 0.6 is 0 Å². The lowest BCUT2D eigenvalue weighted by molar-refractivity contribution is -0.121. The fourth-order valence-corrected chi connectivity index (χ4v) is 6.44. The van der Waals surface area contributed by atoms with E-state index in [4.69, 9.17) is 9.26 Å². The second-order valence-corrected chi connectivity index (χ2v) is 11.5. The Morgan fingerprint density at radius 1 is 1.13 bits per heavy atom. The summed E-state index contributed by atoms with van der Waals surface area (Å²) in [6.45, 7) is 2.63. The molecule has 0 bridgehead atoms. The van der Waals surface area contributed by atoms with Crippen molar-refractivity contribution < 1.29 is 26.9 Å². The fourth-order valence-electron chi connectivity index (χ4n) is 4.90. The zero-order chi connectivity index (χ0) is 26.7. The lowest BCUT2D eigenvalue weighted by atomic mass is 9.97. The maximum Gasteiger partial charge on any atom is 0.243 e. The lowest BCUT2D eigenvalue weighted by Gasteiger charge is -2.31. The molecule has 1 N–H and O–H groups in total. The standard InChI is InChI=1S/C26H30FN5O5S/c1-36-23-11-10-21(38(34,35)32-13-2-3-14-32)15-22(23)28-26(33)19-5-4-12-31(16-19)17-24-29-25(30-37-24)18-6-8-20(27)9-7-18/h6-11,15,19H,2-5,12-14,16-17H2,1H3,(H,28,33). The smallest absolute Gasteiger partial charge is 0.243 e. The molecule has 2 saturated heterocycles. The molecule has 5 rings (SSSR count). The third-order valence-electron chi connectivity index (χ3n) is 6.94. The Morgan fingerprint density at radius 3 is 2.63 bits per heavy atom. The number of hydrogen-bond acceptors (Lipinski definition) is 8. The molecule has 2 aliphatic heterocycles. The Balaban J connectivity index is 1.25. The normalized spacial score (nSPS) is 18.9. The number of carbonyl (C=O) groups is 1. The second-order valence-electron chi connectivity index (χ2n) is 9.56. The molecule has 1 atom stereocenters. The van der Waals surface area contributed by atoms with Gasteiger partial charge in [0, 0.05) is 25.2 Å². The van der Waals surface area contributed by atoms with Crippen molar-refractivity contribution >= 4 is 21.6 Å². The highest BCUT2D eigenvalue weighted by Crippen LogP contribution is 2.31. The average Bonchev–Trinajstić information content (AvgIpc) is 3.63. The number of nitrogens with one attached hydrogen (secondary N) is 1. The van der Waals surface area contributed by atoms with Gasteiger partial charge in [-0.05, 0) is 74.7 Å². The number of aromatic nitrogens is 2. The molecule has 3 heterocycles. The molecule has 3 aromatic rings. The number of rotatable bonds is 8. The topological polar surface area (TPSA) is 118 Å². The zero-order valence-corrected chi connectivity index (χ0v) is 21.9. The van der Waals surface area contributed by atoms with Gasteiger partial charge in [0.05, 0.1) is 30.2 Å². The molecule has 202 valence electrons.